The minimum Gasteiger partial charge on any atom is -0.481 e. The van der Waals surface area contributed by atoms with Gasteiger partial charge in [0.25, 0.3) is 0 Å². The number of para-hydroxylation sites is 1. The fourth-order valence-corrected chi connectivity index (χ4v) is 5.54. The van der Waals surface area contributed by atoms with Crippen LogP contribution in [-0.2, 0) is 30.4 Å². The lowest BCUT2D eigenvalue weighted by Crippen LogP contribution is -2.51. The van der Waals surface area contributed by atoms with Crippen molar-refractivity contribution in [1.82, 2.24) is 26.3 Å². The van der Waals surface area contributed by atoms with Crippen LogP contribution in [0.4, 0.5) is 4.79 Å². The number of carboxylic acids is 3. The first kappa shape index (κ1) is 36.7. The lowest BCUT2D eigenvalue weighted by Gasteiger charge is -2.28. The summed E-state index contributed by atoms with van der Waals surface area (Å²) in [5.41, 5.74) is 7.19. The van der Waals surface area contributed by atoms with E-state index in [2.05, 4.69) is 26.3 Å². The van der Waals surface area contributed by atoms with Crippen molar-refractivity contribution in [2.24, 2.45) is 17.6 Å². The van der Waals surface area contributed by atoms with Gasteiger partial charge in [-0.1, -0.05) is 24.3 Å². The van der Waals surface area contributed by atoms with E-state index in [0.717, 1.165) is 23.7 Å². The van der Waals surface area contributed by atoms with E-state index >= 15 is 0 Å². The fraction of sp³-hybridized carbons (Fsp3) is 0.531. The van der Waals surface area contributed by atoms with Gasteiger partial charge in [-0.3, -0.25) is 19.4 Å². The van der Waals surface area contributed by atoms with E-state index in [0.29, 0.717) is 37.4 Å². The molecule has 2 aromatic rings. The number of carbonyl (C=O) groups excluding carboxylic acids is 3. The first-order chi connectivity index (χ1) is 22.5. The fourth-order valence-electron chi connectivity index (χ4n) is 5.54. The van der Waals surface area contributed by atoms with E-state index in [4.69, 9.17) is 10.8 Å². The molecule has 1 aromatic heterocycles. The van der Waals surface area contributed by atoms with Gasteiger partial charge >= 0.3 is 23.9 Å². The van der Waals surface area contributed by atoms with Crippen LogP contribution in [0, 0.1) is 11.8 Å². The summed E-state index contributed by atoms with van der Waals surface area (Å²) < 4.78 is 0. The molecular weight excluding hydrogens is 612 g/mol. The molecule has 0 unspecified atom stereocenters. The van der Waals surface area contributed by atoms with Crippen molar-refractivity contribution < 1.29 is 44.1 Å². The van der Waals surface area contributed by atoms with Gasteiger partial charge < -0.3 is 42.3 Å². The largest absolute Gasteiger partial charge is 0.481 e. The summed E-state index contributed by atoms with van der Waals surface area (Å²) in [4.78, 5) is 77.1. The molecule has 3 rings (SSSR count). The van der Waals surface area contributed by atoms with Gasteiger partial charge in [-0.15, -0.1) is 0 Å². The van der Waals surface area contributed by atoms with Gasteiger partial charge in [0.05, 0.1) is 5.52 Å². The van der Waals surface area contributed by atoms with Gasteiger partial charge in [-0.05, 0) is 76.0 Å². The van der Waals surface area contributed by atoms with E-state index in [1.807, 2.05) is 36.4 Å². The Morgan fingerprint density at radius 1 is 0.809 bits per heavy atom. The molecule has 0 radical (unpaired) electrons. The molecule has 4 amide bonds. The van der Waals surface area contributed by atoms with E-state index in [1.165, 1.54) is 0 Å². The number of unbranched alkanes of at least 4 members (excludes halogenated alkanes) is 1. The Balaban J connectivity index is 1.54. The number of carboxylic acid groups (broad SMARTS) is 3. The van der Waals surface area contributed by atoms with Crippen LogP contribution in [0.15, 0.2) is 36.4 Å². The lowest BCUT2D eigenvalue weighted by molar-refractivity contribution is -0.141. The van der Waals surface area contributed by atoms with Crippen LogP contribution in [0.25, 0.3) is 10.9 Å². The maximum Gasteiger partial charge on any atom is 0.326 e. The number of benzene rings is 1. The molecule has 0 saturated heterocycles. The van der Waals surface area contributed by atoms with Gasteiger partial charge in [0.1, 0.15) is 18.1 Å². The summed E-state index contributed by atoms with van der Waals surface area (Å²) in [5, 5.41) is 38.5. The average molecular weight is 657 g/mol. The van der Waals surface area contributed by atoms with Crippen molar-refractivity contribution in [3.8, 4) is 0 Å². The molecular formula is C32H44N6O9. The molecule has 9 N–H and O–H groups in total. The Morgan fingerprint density at radius 2 is 1.47 bits per heavy atom. The Kier molecular flexibility index (Phi) is 14.3. The summed E-state index contributed by atoms with van der Waals surface area (Å²) >= 11 is 0. The zero-order chi connectivity index (χ0) is 34.3. The Hall–Kier alpha value is -4.79. The van der Waals surface area contributed by atoms with E-state index in [9.17, 15) is 39.0 Å². The number of nitrogens with two attached hydrogens (primary N) is 1. The highest BCUT2D eigenvalue weighted by Gasteiger charge is 2.30. The zero-order valence-electron chi connectivity index (χ0n) is 26.2. The molecule has 3 atom stereocenters. The third-order valence-electron chi connectivity index (χ3n) is 8.33. The molecule has 1 aliphatic rings. The SMILES string of the molecule is NCC1CCC(C(=O)N[C@@H](Cc2ccc3ccccc3n2)C(=O)NCCCC[C@H](NC(=O)N[C@@H](CCC(=O)O)C(=O)O)C(=O)O)CC1. The van der Waals surface area contributed by atoms with E-state index < -0.39 is 54.4 Å². The second-order valence-electron chi connectivity index (χ2n) is 11.8. The number of carbonyl (C=O) groups is 6. The number of rotatable bonds is 18. The normalized spacial score (nSPS) is 17.9. The number of hydrogen-bond acceptors (Lipinski definition) is 8. The van der Waals surface area contributed by atoms with Crippen molar-refractivity contribution in [1.29, 1.82) is 0 Å². The quantitative estimate of drug-likeness (QED) is 0.106. The minimum absolute atomic E-state index is 0.0157. The van der Waals surface area contributed by atoms with Crippen LogP contribution in [0.1, 0.15) is 63.5 Å². The van der Waals surface area contributed by atoms with Crippen LogP contribution in [-0.4, -0.2) is 87.3 Å². The number of pyridine rings is 1. The Labute approximate surface area is 272 Å². The lowest BCUT2D eigenvalue weighted by atomic mass is 9.81. The molecule has 0 aliphatic heterocycles. The zero-order valence-corrected chi connectivity index (χ0v) is 26.2. The second-order valence-corrected chi connectivity index (χ2v) is 11.8. The molecule has 0 bridgehead atoms. The monoisotopic (exact) mass is 656 g/mol. The van der Waals surface area contributed by atoms with Crippen LogP contribution < -0.4 is 27.0 Å². The summed E-state index contributed by atoms with van der Waals surface area (Å²) in [7, 11) is 0. The van der Waals surface area contributed by atoms with Gasteiger partial charge in [0, 0.05) is 36.4 Å². The number of urea groups is 1. The van der Waals surface area contributed by atoms with Crippen molar-refractivity contribution in [2.75, 3.05) is 13.1 Å². The molecule has 1 saturated carbocycles. The van der Waals surface area contributed by atoms with Crippen LogP contribution in [0.3, 0.4) is 0 Å². The predicted octanol–water partition coefficient (Wildman–Crippen LogP) is 1.38. The number of amides is 4. The maximum atomic E-state index is 13.3. The highest BCUT2D eigenvalue weighted by atomic mass is 16.4. The second kappa shape index (κ2) is 18.4. The molecule has 47 heavy (non-hydrogen) atoms. The highest BCUT2D eigenvalue weighted by Crippen LogP contribution is 2.28. The maximum absolute atomic E-state index is 13.3. The molecule has 1 aromatic carbocycles. The van der Waals surface area contributed by atoms with Crippen molar-refractivity contribution in [3.63, 3.8) is 0 Å². The van der Waals surface area contributed by atoms with Crippen LogP contribution in [0.2, 0.25) is 0 Å². The highest BCUT2D eigenvalue weighted by molar-refractivity contribution is 5.89. The number of aliphatic carboxylic acids is 3. The molecule has 15 heteroatoms. The molecule has 1 aliphatic carbocycles. The van der Waals surface area contributed by atoms with Gasteiger partial charge in [-0.25, -0.2) is 14.4 Å². The summed E-state index contributed by atoms with van der Waals surface area (Å²) in [6.07, 6.45) is 3.04. The smallest absolute Gasteiger partial charge is 0.326 e. The van der Waals surface area contributed by atoms with E-state index in [-0.39, 0.29) is 44.1 Å². The first-order valence-corrected chi connectivity index (χ1v) is 15.8. The molecule has 1 fully saturated rings. The molecule has 256 valence electrons. The van der Waals surface area contributed by atoms with Crippen molar-refractivity contribution >= 4 is 46.7 Å². The minimum atomic E-state index is -1.50. The Bertz CT molecular complexity index is 1410. The molecule has 0 spiro atoms. The van der Waals surface area contributed by atoms with Gasteiger partial charge in [0.15, 0.2) is 0 Å². The first-order valence-electron chi connectivity index (χ1n) is 15.8. The van der Waals surface area contributed by atoms with Gasteiger partial charge in [0.2, 0.25) is 11.8 Å². The van der Waals surface area contributed by atoms with Gasteiger partial charge in [-0.2, -0.15) is 0 Å². The number of hydrogen-bond donors (Lipinski definition) is 8. The number of fused-ring (bicyclic) bond motifs is 1. The van der Waals surface area contributed by atoms with Crippen LogP contribution >= 0.6 is 0 Å². The summed E-state index contributed by atoms with van der Waals surface area (Å²) in [5.74, 6) is -4.44. The number of aromatic nitrogens is 1. The topological polar surface area (TPSA) is 250 Å². The standard InChI is InChI=1S/C32H44N6O9/c33-18-19-8-10-21(11-9-19)28(41)36-26(17-22-13-12-20-5-1-2-6-23(20)35-22)29(42)34-16-4-3-7-24(30(43)44)37-32(47)38-25(31(45)46)14-15-27(39)40/h1-2,5-6,12-13,19,21,24-26H,3-4,7-11,14-18,33H2,(H,34,42)(H,36,41)(H,39,40)(H,43,44)(H,45,46)(H2,37,38,47)/t19?,21?,24-,25-,26-/m0/s1. The third-order valence-corrected chi connectivity index (χ3v) is 8.33. The number of nitrogens with zero attached hydrogens (tertiary/aromatic N) is 1. The molecule has 1 heterocycles. The van der Waals surface area contributed by atoms with Crippen molar-refractivity contribution in [3.05, 3.63) is 42.1 Å². The van der Waals surface area contributed by atoms with Crippen LogP contribution in [0.5, 0.6) is 0 Å². The average Bonchev–Trinajstić information content (AvgIpc) is 3.05. The summed E-state index contributed by atoms with van der Waals surface area (Å²) in [6.45, 7) is 0.760. The van der Waals surface area contributed by atoms with E-state index in [1.54, 1.807) is 0 Å². The number of nitrogens with one attached hydrogen (secondary N) is 4. The third kappa shape index (κ3) is 12.2. The molecule has 15 nitrogen and oxygen atoms in total. The van der Waals surface area contributed by atoms with Crippen molar-refractivity contribution in [2.45, 2.75) is 82.3 Å². The predicted molar refractivity (Wildman–Crippen MR) is 170 cm³/mol. The summed E-state index contributed by atoms with van der Waals surface area (Å²) in [6, 6.07) is 6.52. The Morgan fingerprint density at radius 3 is 2.11 bits per heavy atom.